The molecule has 28 heavy (non-hydrogen) atoms. The maximum Gasteiger partial charge on any atom is 0.258 e. The number of amides is 1. The Bertz CT molecular complexity index is 997. The Balaban J connectivity index is 1.58. The van der Waals surface area contributed by atoms with Crippen molar-refractivity contribution in [3.63, 3.8) is 0 Å². The van der Waals surface area contributed by atoms with Crippen LogP contribution in [0.2, 0.25) is 10.0 Å². The zero-order valence-electron chi connectivity index (χ0n) is 14.6. The zero-order chi connectivity index (χ0) is 19.9. The van der Waals surface area contributed by atoms with Gasteiger partial charge in [0, 0.05) is 16.8 Å². The smallest absolute Gasteiger partial charge is 0.258 e. The van der Waals surface area contributed by atoms with Crippen molar-refractivity contribution in [3.05, 3.63) is 94.0 Å². The Kier molecular flexibility index (Phi) is 6.87. The van der Waals surface area contributed by atoms with Crippen LogP contribution >= 0.6 is 35.4 Å². The van der Waals surface area contributed by atoms with Crippen LogP contribution in [-0.4, -0.2) is 11.0 Å². The fourth-order valence-corrected chi connectivity index (χ4v) is 3.12. The number of anilines is 1. The number of hydrogen-bond donors (Lipinski definition) is 2. The summed E-state index contributed by atoms with van der Waals surface area (Å²) in [6.45, 7) is 0.459. The summed E-state index contributed by atoms with van der Waals surface area (Å²) in [5, 5.41) is 6.41. The van der Waals surface area contributed by atoms with Crippen LogP contribution in [0.4, 0.5) is 5.69 Å². The standard InChI is InChI=1S/C21H16Cl2N2O2S/c22-15-9-10-18(19(23)11-15)20(26)25-21(28)24-16-7-4-8-17(12-16)27-13-14-5-2-1-3-6-14/h1-12H,13H2,(H2,24,25,26,28). The summed E-state index contributed by atoms with van der Waals surface area (Å²) in [4.78, 5) is 12.3. The molecule has 0 aliphatic carbocycles. The fraction of sp³-hybridized carbons (Fsp3) is 0.0476. The van der Waals surface area contributed by atoms with Gasteiger partial charge in [-0.1, -0.05) is 59.6 Å². The van der Waals surface area contributed by atoms with Crippen LogP contribution in [0.3, 0.4) is 0 Å². The maximum absolute atomic E-state index is 12.3. The van der Waals surface area contributed by atoms with Gasteiger partial charge in [0.05, 0.1) is 10.6 Å². The Morgan fingerprint density at radius 2 is 1.75 bits per heavy atom. The van der Waals surface area contributed by atoms with E-state index in [2.05, 4.69) is 10.6 Å². The quantitative estimate of drug-likeness (QED) is 0.509. The van der Waals surface area contributed by atoms with Gasteiger partial charge in [0.1, 0.15) is 12.4 Å². The summed E-state index contributed by atoms with van der Waals surface area (Å²) in [6.07, 6.45) is 0. The molecule has 0 saturated heterocycles. The van der Waals surface area contributed by atoms with Crippen molar-refractivity contribution in [2.75, 3.05) is 5.32 Å². The van der Waals surface area contributed by atoms with E-state index >= 15 is 0 Å². The molecule has 2 N–H and O–H groups in total. The Hall–Kier alpha value is -2.60. The molecule has 3 aromatic rings. The third kappa shape index (κ3) is 5.70. The lowest BCUT2D eigenvalue weighted by Gasteiger charge is -2.12. The molecule has 7 heteroatoms. The van der Waals surface area contributed by atoms with Crippen molar-refractivity contribution >= 4 is 52.1 Å². The molecule has 4 nitrogen and oxygen atoms in total. The Labute approximate surface area is 178 Å². The number of thiocarbonyl (C=S) groups is 1. The Morgan fingerprint density at radius 3 is 2.50 bits per heavy atom. The first kappa shape index (κ1) is 20.1. The lowest BCUT2D eigenvalue weighted by molar-refractivity contribution is 0.0978. The number of carbonyl (C=O) groups is 1. The van der Waals surface area contributed by atoms with Crippen LogP contribution < -0.4 is 15.4 Å². The highest BCUT2D eigenvalue weighted by atomic mass is 35.5. The van der Waals surface area contributed by atoms with E-state index in [4.69, 9.17) is 40.2 Å². The molecule has 3 aromatic carbocycles. The normalized spacial score (nSPS) is 10.2. The number of nitrogens with one attached hydrogen (secondary N) is 2. The molecule has 0 aliphatic rings. The summed E-state index contributed by atoms with van der Waals surface area (Å²) in [7, 11) is 0. The average molecular weight is 431 g/mol. The minimum atomic E-state index is -0.421. The van der Waals surface area contributed by atoms with Gasteiger partial charge in [-0.2, -0.15) is 0 Å². The van der Waals surface area contributed by atoms with Crippen LogP contribution in [0.15, 0.2) is 72.8 Å². The van der Waals surface area contributed by atoms with E-state index in [0.29, 0.717) is 23.1 Å². The number of ether oxygens (including phenoxy) is 1. The van der Waals surface area contributed by atoms with Crippen LogP contribution in [-0.2, 0) is 6.61 Å². The second-order valence-electron chi connectivity index (χ2n) is 5.83. The van der Waals surface area contributed by atoms with Crippen molar-refractivity contribution in [3.8, 4) is 5.75 Å². The third-order valence-electron chi connectivity index (χ3n) is 3.74. The molecule has 142 valence electrons. The fourth-order valence-electron chi connectivity index (χ4n) is 2.41. The topological polar surface area (TPSA) is 50.4 Å². The van der Waals surface area contributed by atoms with E-state index in [9.17, 15) is 4.79 Å². The Morgan fingerprint density at radius 1 is 0.964 bits per heavy atom. The molecule has 0 atom stereocenters. The molecule has 3 rings (SSSR count). The highest BCUT2D eigenvalue weighted by Crippen LogP contribution is 2.21. The third-order valence-corrected chi connectivity index (χ3v) is 4.49. The SMILES string of the molecule is O=C(NC(=S)Nc1cccc(OCc2ccccc2)c1)c1ccc(Cl)cc1Cl. The van der Waals surface area contributed by atoms with E-state index < -0.39 is 5.91 Å². The highest BCUT2D eigenvalue weighted by Gasteiger charge is 2.12. The number of halogens is 2. The van der Waals surface area contributed by atoms with E-state index in [1.807, 2.05) is 48.5 Å². The van der Waals surface area contributed by atoms with Gasteiger partial charge in [0.25, 0.3) is 5.91 Å². The molecule has 0 aromatic heterocycles. The summed E-state index contributed by atoms with van der Waals surface area (Å²) in [6, 6.07) is 21.8. The first-order valence-corrected chi connectivity index (χ1v) is 9.52. The largest absolute Gasteiger partial charge is 0.489 e. The molecule has 0 aliphatic heterocycles. The van der Waals surface area contributed by atoms with Crippen molar-refractivity contribution in [2.24, 2.45) is 0 Å². The molecule has 0 bridgehead atoms. The van der Waals surface area contributed by atoms with Gasteiger partial charge < -0.3 is 10.1 Å². The summed E-state index contributed by atoms with van der Waals surface area (Å²) in [5.41, 5.74) is 2.05. The van der Waals surface area contributed by atoms with Gasteiger partial charge in [0.2, 0.25) is 0 Å². The van der Waals surface area contributed by atoms with E-state index in [1.54, 1.807) is 18.2 Å². The molecular weight excluding hydrogens is 415 g/mol. The summed E-state index contributed by atoms with van der Waals surface area (Å²) >= 11 is 17.1. The van der Waals surface area contributed by atoms with Gasteiger partial charge in [-0.3, -0.25) is 10.1 Å². The van der Waals surface area contributed by atoms with Crippen molar-refractivity contribution < 1.29 is 9.53 Å². The zero-order valence-corrected chi connectivity index (χ0v) is 16.9. The first-order chi connectivity index (χ1) is 13.5. The molecule has 0 heterocycles. The minimum absolute atomic E-state index is 0.149. The molecule has 0 fully saturated rings. The lowest BCUT2D eigenvalue weighted by atomic mass is 10.2. The molecule has 1 amide bonds. The van der Waals surface area contributed by atoms with Crippen LogP contribution in [0.1, 0.15) is 15.9 Å². The predicted octanol–water partition coefficient (Wildman–Crippen LogP) is 5.70. The number of benzene rings is 3. The van der Waals surface area contributed by atoms with Gasteiger partial charge in [-0.05, 0) is 48.1 Å². The lowest BCUT2D eigenvalue weighted by Crippen LogP contribution is -2.34. The van der Waals surface area contributed by atoms with Gasteiger partial charge in [-0.25, -0.2) is 0 Å². The van der Waals surface area contributed by atoms with Gasteiger partial charge >= 0.3 is 0 Å². The van der Waals surface area contributed by atoms with Crippen LogP contribution in [0.25, 0.3) is 0 Å². The molecule has 0 unspecified atom stereocenters. The summed E-state index contributed by atoms with van der Waals surface area (Å²) < 4.78 is 5.79. The second kappa shape index (κ2) is 9.55. The average Bonchev–Trinajstić information content (AvgIpc) is 2.67. The van der Waals surface area contributed by atoms with Crippen molar-refractivity contribution in [2.45, 2.75) is 6.61 Å². The minimum Gasteiger partial charge on any atom is -0.489 e. The molecule has 0 radical (unpaired) electrons. The second-order valence-corrected chi connectivity index (χ2v) is 7.09. The van der Waals surface area contributed by atoms with Crippen LogP contribution in [0.5, 0.6) is 5.75 Å². The molecule has 0 saturated carbocycles. The number of hydrogen-bond acceptors (Lipinski definition) is 3. The van der Waals surface area contributed by atoms with Gasteiger partial charge in [0.15, 0.2) is 5.11 Å². The predicted molar refractivity (Wildman–Crippen MR) is 117 cm³/mol. The van der Waals surface area contributed by atoms with Crippen LogP contribution in [0, 0.1) is 0 Å². The molecular formula is C21H16Cl2N2O2S. The monoisotopic (exact) mass is 430 g/mol. The first-order valence-electron chi connectivity index (χ1n) is 8.35. The summed E-state index contributed by atoms with van der Waals surface area (Å²) in [5.74, 6) is 0.263. The number of rotatable bonds is 5. The molecule has 0 spiro atoms. The van der Waals surface area contributed by atoms with E-state index in [0.717, 1.165) is 5.56 Å². The maximum atomic E-state index is 12.3. The van der Waals surface area contributed by atoms with Gasteiger partial charge in [-0.15, -0.1) is 0 Å². The number of carbonyl (C=O) groups excluding carboxylic acids is 1. The van der Waals surface area contributed by atoms with E-state index in [-0.39, 0.29) is 15.7 Å². The van der Waals surface area contributed by atoms with Crippen molar-refractivity contribution in [1.82, 2.24) is 5.32 Å². The van der Waals surface area contributed by atoms with Crippen molar-refractivity contribution in [1.29, 1.82) is 0 Å². The van der Waals surface area contributed by atoms with E-state index in [1.165, 1.54) is 6.07 Å². The highest BCUT2D eigenvalue weighted by molar-refractivity contribution is 7.80.